The largest absolute Gasteiger partial charge is 0.314 e. The van der Waals surface area contributed by atoms with Crippen molar-refractivity contribution in [3.63, 3.8) is 0 Å². The van der Waals surface area contributed by atoms with Crippen molar-refractivity contribution >= 4 is 10.9 Å². The Morgan fingerprint density at radius 1 is 1.20 bits per heavy atom. The molecule has 0 spiro atoms. The average Bonchev–Trinajstić information content (AvgIpc) is 2.90. The van der Waals surface area contributed by atoms with Gasteiger partial charge in [0, 0.05) is 6.54 Å². The topological polar surface area (TPSA) is 90.5 Å². The molecule has 0 aliphatic heterocycles. The Hall–Kier alpha value is -2.61. The summed E-state index contributed by atoms with van der Waals surface area (Å²) in [4.78, 5) is 12.3. The number of hydrogen-bond acceptors (Lipinski definition) is 6. The van der Waals surface area contributed by atoms with Gasteiger partial charge >= 0.3 is 0 Å². The summed E-state index contributed by atoms with van der Waals surface area (Å²) >= 11 is 0. The molecule has 2 heterocycles. The Morgan fingerprint density at radius 2 is 2.05 bits per heavy atom. The van der Waals surface area contributed by atoms with Crippen molar-refractivity contribution < 1.29 is 0 Å². The zero-order valence-corrected chi connectivity index (χ0v) is 10.9. The molecule has 20 heavy (non-hydrogen) atoms. The third-order valence-electron chi connectivity index (χ3n) is 2.85. The van der Waals surface area contributed by atoms with Crippen molar-refractivity contribution in [2.45, 2.75) is 13.2 Å². The minimum absolute atomic E-state index is 0.188. The van der Waals surface area contributed by atoms with Crippen LogP contribution in [-0.4, -0.2) is 37.0 Å². The molecule has 102 valence electrons. The molecule has 8 heteroatoms. The predicted octanol–water partition coefficient (Wildman–Crippen LogP) is -0.392. The van der Waals surface area contributed by atoms with E-state index in [4.69, 9.17) is 0 Å². The van der Waals surface area contributed by atoms with Crippen LogP contribution in [0.3, 0.4) is 0 Å². The van der Waals surface area contributed by atoms with E-state index in [0.717, 1.165) is 5.69 Å². The van der Waals surface area contributed by atoms with Gasteiger partial charge in [-0.3, -0.25) is 4.79 Å². The van der Waals surface area contributed by atoms with Gasteiger partial charge < -0.3 is 5.32 Å². The molecular weight excluding hydrogens is 258 g/mol. The summed E-state index contributed by atoms with van der Waals surface area (Å²) < 4.78 is 2.82. The molecule has 0 fully saturated rings. The number of rotatable bonds is 4. The summed E-state index contributed by atoms with van der Waals surface area (Å²) in [7, 11) is 1.83. The van der Waals surface area contributed by atoms with Crippen LogP contribution in [0.2, 0.25) is 0 Å². The SMILES string of the molecule is CNCc1cn(Cn2nnc3ccccc3c2=O)nn1. The Morgan fingerprint density at radius 3 is 2.90 bits per heavy atom. The van der Waals surface area contributed by atoms with Crippen molar-refractivity contribution in [3.8, 4) is 0 Å². The van der Waals surface area contributed by atoms with Gasteiger partial charge in [-0.25, -0.2) is 4.68 Å². The summed E-state index contributed by atoms with van der Waals surface area (Å²) in [5, 5.41) is 19.4. The van der Waals surface area contributed by atoms with E-state index in [0.29, 0.717) is 17.4 Å². The van der Waals surface area contributed by atoms with E-state index in [9.17, 15) is 4.79 Å². The highest BCUT2D eigenvalue weighted by atomic mass is 16.1. The van der Waals surface area contributed by atoms with E-state index < -0.39 is 0 Å². The van der Waals surface area contributed by atoms with Crippen molar-refractivity contribution in [1.29, 1.82) is 0 Å². The van der Waals surface area contributed by atoms with Gasteiger partial charge in [-0.05, 0) is 19.2 Å². The maximum atomic E-state index is 12.3. The third kappa shape index (κ3) is 2.28. The molecule has 1 aromatic carbocycles. The Bertz CT molecular complexity index is 792. The summed E-state index contributed by atoms with van der Waals surface area (Å²) in [6.45, 7) is 0.811. The fraction of sp³-hybridized carbons (Fsp3) is 0.250. The number of hydrogen-bond donors (Lipinski definition) is 1. The molecule has 0 aliphatic carbocycles. The second-order valence-electron chi connectivity index (χ2n) is 4.33. The first-order chi connectivity index (χ1) is 9.78. The van der Waals surface area contributed by atoms with Gasteiger partial charge in [-0.15, -0.1) is 10.2 Å². The zero-order valence-electron chi connectivity index (χ0n) is 10.9. The normalized spacial score (nSPS) is 11.1. The standard InChI is InChI=1S/C12H13N7O/c1-13-6-9-7-18(16-14-9)8-19-12(20)10-4-2-3-5-11(10)15-17-19/h2-5,7,13H,6,8H2,1H3. The summed E-state index contributed by atoms with van der Waals surface area (Å²) in [5.74, 6) is 0. The first-order valence-corrected chi connectivity index (χ1v) is 6.14. The van der Waals surface area contributed by atoms with Gasteiger partial charge in [-0.1, -0.05) is 22.6 Å². The molecule has 0 aliphatic rings. The van der Waals surface area contributed by atoms with Crippen LogP contribution in [0.1, 0.15) is 5.69 Å². The average molecular weight is 271 g/mol. The van der Waals surface area contributed by atoms with Crippen LogP contribution in [0, 0.1) is 0 Å². The lowest BCUT2D eigenvalue weighted by atomic mass is 10.2. The molecule has 0 bridgehead atoms. The molecule has 0 atom stereocenters. The van der Waals surface area contributed by atoms with E-state index in [2.05, 4.69) is 25.9 Å². The first kappa shape index (κ1) is 12.4. The minimum Gasteiger partial charge on any atom is -0.314 e. The highest BCUT2D eigenvalue weighted by molar-refractivity contribution is 5.76. The van der Waals surface area contributed by atoms with Gasteiger partial charge in [-0.2, -0.15) is 4.68 Å². The lowest BCUT2D eigenvalue weighted by Crippen LogP contribution is -2.27. The van der Waals surface area contributed by atoms with Gasteiger partial charge in [0.1, 0.15) is 12.2 Å². The first-order valence-electron chi connectivity index (χ1n) is 6.14. The van der Waals surface area contributed by atoms with Crippen LogP contribution in [0.5, 0.6) is 0 Å². The Labute approximate surface area is 114 Å². The molecule has 0 radical (unpaired) electrons. The van der Waals surface area contributed by atoms with E-state index >= 15 is 0 Å². The van der Waals surface area contributed by atoms with E-state index in [-0.39, 0.29) is 12.2 Å². The highest BCUT2D eigenvalue weighted by Gasteiger charge is 2.06. The summed E-state index contributed by atoms with van der Waals surface area (Å²) in [6, 6.07) is 7.11. The number of aromatic nitrogens is 6. The predicted molar refractivity (Wildman–Crippen MR) is 72.0 cm³/mol. The number of fused-ring (bicyclic) bond motifs is 1. The number of nitrogens with zero attached hydrogens (tertiary/aromatic N) is 6. The Balaban J connectivity index is 1.94. The fourth-order valence-electron chi connectivity index (χ4n) is 1.92. The molecule has 8 nitrogen and oxygen atoms in total. The maximum absolute atomic E-state index is 12.3. The monoisotopic (exact) mass is 271 g/mol. The smallest absolute Gasteiger partial charge is 0.279 e. The molecular formula is C12H13N7O. The van der Waals surface area contributed by atoms with Gasteiger partial charge in [0.25, 0.3) is 5.56 Å². The molecule has 0 saturated heterocycles. The van der Waals surface area contributed by atoms with Crippen LogP contribution < -0.4 is 10.9 Å². The van der Waals surface area contributed by atoms with E-state index in [1.165, 1.54) is 4.68 Å². The number of nitrogens with one attached hydrogen (secondary N) is 1. The summed E-state index contributed by atoms with van der Waals surface area (Å²) in [6.07, 6.45) is 1.76. The summed E-state index contributed by atoms with van der Waals surface area (Å²) in [5.41, 5.74) is 1.19. The van der Waals surface area contributed by atoms with Crippen LogP contribution in [-0.2, 0) is 13.2 Å². The maximum Gasteiger partial charge on any atom is 0.279 e. The van der Waals surface area contributed by atoms with Crippen molar-refractivity contribution in [3.05, 3.63) is 46.5 Å². The van der Waals surface area contributed by atoms with Gasteiger partial charge in [0.15, 0.2) is 0 Å². The molecule has 3 rings (SSSR count). The molecule has 1 N–H and O–H groups in total. The second kappa shape index (κ2) is 5.17. The molecule has 0 amide bonds. The van der Waals surface area contributed by atoms with Crippen LogP contribution in [0.4, 0.5) is 0 Å². The van der Waals surface area contributed by atoms with Crippen molar-refractivity contribution in [1.82, 2.24) is 35.3 Å². The quantitative estimate of drug-likeness (QED) is 0.695. The lowest BCUT2D eigenvalue weighted by molar-refractivity contribution is 0.456. The second-order valence-corrected chi connectivity index (χ2v) is 4.33. The molecule has 3 aromatic rings. The lowest BCUT2D eigenvalue weighted by Gasteiger charge is -2.03. The molecule has 2 aromatic heterocycles. The van der Waals surface area contributed by atoms with E-state index in [1.54, 1.807) is 29.1 Å². The van der Waals surface area contributed by atoms with Crippen LogP contribution >= 0.6 is 0 Å². The minimum atomic E-state index is -0.193. The number of benzene rings is 1. The Kier molecular flexibility index (Phi) is 3.21. The van der Waals surface area contributed by atoms with Crippen LogP contribution in [0.15, 0.2) is 35.3 Å². The fourth-order valence-corrected chi connectivity index (χ4v) is 1.92. The van der Waals surface area contributed by atoms with Crippen molar-refractivity contribution in [2.24, 2.45) is 0 Å². The van der Waals surface area contributed by atoms with E-state index in [1.807, 2.05) is 13.1 Å². The van der Waals surface area contributed by atoms with Gasteiger partial charge in [0.2, 0.25) is 0 Å². The zero-order chi connectivity index (χ0) is 13.9. The molecule has 0 unspecified atom stereocenters. The highest BCUT2D eigenvalue weighted by Crippen LogP contribution is 2.03. The van der Waals surface area contributed by atoms with Crippen molar-refractivity contribution in [2.75, 3.05) is 7.05 Å². The van der Waals surface area contributed by atoms with Gasteiger partial charge in [0.05, 0.1) is 17.3 Å². The third-order valence-corrected chi connectivity index (χ3v) is 2.85. The van der Waals surface area contributed by atoms with Crippen LogP contribution in [0.25, 0.3) is 10.9 Å². The molecule has 0 saturated carbocycles.